The lowest BCUT2D eigenvalue weighted by atomic mass is 9.72. The summed E-state index contributed by atoms with van der Waals surface area (Å²) in [6, 6.07) is 0. The van der Waals surface area contributed by atoms with Crippen molar-refractivity contribution in [2.75, 3.05) is 6.61 Å². The van der Waals surface area contributed by atoms with Crippen molar-refractivity contribution in [2.45, 2.75) is 51.1 Å². The summed E-state index contributed by atoms with van der Waals surface area (Å²) < 4.78 is 0. The third-order valence-corrected chi connectivity index (χ3v) is 3.73. The number of nitro groups is 2. The summed E-state index contributed by atoms with van der Waals surface area (Å²) >= 11 is 0. The van der Waals surface area contributed by atoms with E-state index in [1.807, 2.05) is 0 Å². The van der Waals surface area contributed by atoms with Crippen molar-refractivity contribution in [3.05, 3.63) is 30.3 Å². The van der Waals surface area contributed by atoms with Crippen LogP contribution < -0.4 is 0 Å². The number of hydrogen-bond donors (Lipinski definition) is 0. The summed E-state index contributed by atoms with van der Waals surface area (Å²) in [4.78, 5) is 35.4. The minimum atomic E-state index is -2.13. The molecule has 0 bridgehead atoms. The Bertz CT molecular complexity index is 369. The van der Waals surface area contributed by atoms with Gasteiger partial charge in [0.2, 0.25) is 0 Å². The highest BCUT2D eigenvalue weighted by molar-refractivity contribution is 4.98. The predicted molar refractivity (Wildman–Crippen MR) is 63.3 cm³/mol. The van der Waals surface area contributed by atoms with E-state index in [9.17, 15) is 30.3 Å². The molecule has 0 radical (unpaired) electrons. The Kier molecular flexibility index (Phi) is 5.59. The Hall–Kier alpha value is -2.00. The van der Waals surface area contributed by atoms with E-state index in [-0.39, 0.29) is 19.3 Å². The first-order valence-electron chi connectivity index (χ1n) is 5.80. The molecule has 0 heterocycles. The first-order valence-corrected chi connectivity index (χ1v) is 5.80. The molecule has 0 aliphatic heterocycles. The molecule has 1 atom stereocenters. The average Bonchev–Trinajstić information content (AvgIpc) is 2.33. The van der Waals surface area contributed by atoms with Gasteiger partial charge in [0.1, 0.15) is 0 Å². The summed E-state index contributed by atoms with van der Waals surface area (Å²) in [6.45, 7) is 3.35. The number of rotatable bonds is 9. The van der Waals surface area contributed by atoms with E-state index in [1.54, 1.807) is 0 Å². The molecule has 19 heavy (non-hydrogen) atoms. The van der Waals surface area contributed by atoms with Crippen LogP contribution in [0.1, 0.15) is 40.0 Å². The Morgan fingerprint density at radius 1 is 0.842 bits per heavy atom. The van der Waals surface area contributed by atoms with Crippen LogP contribution in [0.5, 0.6) is 0 Å². The van der Waals surface area contributed by atoms with Gasteiger partial charge in [0.15, 0.2) is 6.61 Å². The monoisotopic (exact) mass is 279 g/mol. The fourth-order valence-corrected chi connectivity index (χ4v) is 2.41. The van der Waals surface area contributed by atoms with Crippen LogP contribution in [-0.4, -0.2) is 32.6 Å². The summed E-state index contributed by atoms with van der Waals surface area (Å²) in [5, 5.41) is 31.7. The van der Waals surface area contributed by atoms with Crippen LogP contribution in [0.15, 0.2) is 0 Å². The molecule has 0 aliphatic rings. The second-order valence-electron chi connectivity index (χ2n) is 4.14. The van der Waals surface area contributed by atoms with Crippen molar-refractivity contribution in [3.63, 3.8) is 0 Å². The third-order valence-electron chi connectivity index (χ3n) is 3.73. The first kappa shape index (κ1) is 17.0. The molecule has 0 saturated carbocycles. The number of nitrogens with zero attached hydrogens (tertiary/aromatic N) is 3. The van der Waals surface area contributed by atoms with Gasteiger partial charge in [-0.3, -0.25) is 20.2 Å². The van der Waals surface area contributed by atoms with Crippen LogP contribution in [0.4, 0.5) is 0 Å². The van der Waals surface area contributed by atoms with Gasteiger partial charge in [-0.2, -0.15) is 0 Å². The molecule has 10 heteroatoms. The third kappa shape index (κ3) is 2.71. The highest BCUT2D eigenvalue weighted by atomic mass is 17.0. The maximum Gasteiger partial charge on any atom is 0.313 e. The first-order chi connectivity index (χ1) is 8.74. The number of hydrogen-bond acceptors (Lipinski definition) is 7. The minimum absolute atomic E-state index is 0.119. The molecular weight excluding hydrogens is 262 g/mol. The standard InChI is InChI=1S/C9H17N3O7/c1-4-8(5-2,10(13)14)9(6-3,11(15)16)7-19-12(17)18/h4-7H2,1-3H3. The topological polar surface area (TPSA) is 139 Å². The quantitative estimate of drug-likeness (QED) is 0.459. The van der Waals surface area contributed by atoms with Gasteiger partial charge in [0.25, 0.3) is 10.6 Å². The predicted octanol–water partition coefficient (Wildman–Crippen LogP) is 1.46. The van der Waals surface area contributed by atoms with Crippen molar-refractivity contribution >= 4 is 0 Å². The molecule has 0 amide bonds. The second kappa shape index (κ2) is 6.25. The van der Waals surface area contributed by atoms with Crippen LogP contribution >= 0.6 is 0 Å². The molecule has 110 valence electrons. The normalized spacial score (nSPS) is 14.5. The lowest BCUT2D eigenvalue weighted by Crippen LogP contribution is -2.65. The van der Waals surface area contributed by atoms with Crippen molar-refractivity contribution in [3.8, 4) is 0 Å². The molecule has 0 spiro atoms. The highest BCUT2D eigenvalue weighted by Gasteiger charge is 2.68. The Morgan fingerprint density at radius 2 is 1.21 bits per heavy atom. The SMILES string of the molecule is CCC(CC)([N+](=O)[O-])C(CC)(CO[N+](=O)[O-])[N+](=O)[O-]. The molecule has 0 fully saturated rings. The summed E-state index contributed by atoms with van der Waals surface area (Å²) in [6.07, 6.45) is -0.477. The van der Waals surface area contributed by atoms with Crippen LogP contribution in [-0.2, 0) is 4.84 Å². The van der Waals surface area contributed by atoms with Crippen LogP contribution in [0, 0.1) is 30.3 Å². The molecule has 0 aromatic rings. The second-order valence-corrected chi connectivity index (χ2v) is 4.14. The highest BCUT2D eigenvalue weighted by Crippen LogP contribution is 2.38. The molecule has 0 aromatic carbocycles. The Balaban J connectivity index is 5.84. The van der Waals surface area contributed by atoms with Gasteiger partial charge < -0.3 is 4.84 Å². The van der Waals surface area contributed by atoms with E-state index in [4.69, 9.17) is 0 Å². The van der Waals surface area contributed by atoms with Gasteiger partial charge >= 0.3 is 5.54 Å². The smallest absolute Gasteiger partial charge is 0.306 e. The van der Waals surface area contributed by atoms with E-state index in [0.29, 0.717) is 0 Å². The molecule has 0 saturated heterocycles. The molecule has 0 aliphatic carbocycles. The molecular formula is C9H17N3O7. The molecule has 0 rings (SSSR count). The van der Waals surface area contributed by atoms with Crippen molar-refractivity contribution < 1.29 is 19.8 Å². The van der Waals surface area contributed by atoms with Gasteiger partial charge in [-0.1, -0.05) is 20.8 Å². The summed E-state index contributed by atoms with van der Waals surface area (Å²) in [7, 11) is 0. The lowest BCUT2D eigenvalue weighted by molar-refractivity contribution is -0.781. The van der Waals surface area contributed by atoms with Crippen molar-refractivity contribution in [1.29, 1.82) is 0 Å². The van der Waals surface area contributed by atoms with E-state index >= 15 is 0 Å². The van der Waals surface area contributed by atoms with Crippen molar-refractivity contribution in [2.24, 2.45) is 0 Å². The van der Waals surface area contributed by atoms with Gasteiger partial charge in [-0.05, 0) is 0 Å². The van der Waals surface area contributed by atoms with Crippen molar-refractivity contribution in [1.82, 2.24) is 0 Å². The maximum atomic E-state index is 11.3. The van der Waals surface area contributed by atoms with E-state index in [1.165, 1.54) is 20.8 Å². The Labute approximate surface area is 109 Å². The summed E-state index contributed by atoms with van der Waals surface area (Å²) in [5.74, 6) is 0. The van der Waals surface area contributed by atoms with Gasteiger partial charge in [-0.15, -0.1) is 10.1 Å². The zero-order valence-corrected chi connectivity index (χ0v) is 11.0. The van der Waals surface area contributed by atoms with E-state index < -0.39 is 32.6 Å². The molecule has 0 N–H and O–H groups in total. The van der Waals surface area contributed by atoms with E-state index in [2.05, 4.69) is 4.84 Å². The maximum absolute atomic E-state index is 11.3. The van der Waals surface area contributed by atoms with Gasteiger partial charge in [0.05, 0.1) is 0 Å². The Morgan fingerprint density at radius 3 is 1.42 bits per heavy atom. The van der Waals surface area contributed by atoms with Gasteiger partial charge in [-0.25, -0.2) is 0 Å². The minimum Gasteiger partial charge on any atom is -0.306 e. The largest absolute Gasteiger partial charge is 0.313 e. The fraction of sp³-hybridized carbons (Fsp3) is 1.00. The van der Waals surface area contributed by atoms with Crippen LogP contribution in [0.2, 0.25) is 0 Å². The van der Waals surface area contributed by atoms with E-state index in [0.717, 1.165) is 0 Å². The molecule has 1 unspecified atom stereocenters. The van der Waals surface area contributed by atoms with Crippen LogP contribution in [0.3, 0.4) is 0 Å². The lowest BCUT2D eigenvalue weighted by Gasteiger charge is -2.34. The zero-order chi connectivity index (χ0) is 15.3. The summed E-state index contributed by atoms with van der Waals surface area (Å²) in [5.41, 5.74) is -4.03. The average molecular weight is 279 g/mol. The van der Waals surface area contributed by atoms with Crippen LogP contribution in [0.25, 0.3) is 0 Å². The molecule has 10 nitrogen and oxygen atoms in total. The fourth-order valence-electron chi connectivity index (χ4n) is 2.41. The van der Waals surface area contributed by atoms with Gasteiger partial charge in [0, 0.05) is 29.1 Å². The molecule has 0 aromatic heterocycles. The zero-order valence-electron chi connectivity index (χ0n) is 11.0.